The standard InChI is InChI=1S/C29H35N5O5/c1-29(2,3)39-28(37)31-14-11-21(12-15-31)22-7-10-24-25(17-30-34(24)19-22)32-16-13-26(35)33(27(32)36)18-20-5-8-23(38-4)9-6-20/h5-10,17,19,21H,11-16,18H2,1-4H3. The quantitative estimate of drug-likeness (QED) is 0.467. The van der Waals surface area contributed by atoms with Gasteiger partial charge in [-0.2, -0.15) is 5.10 Å². The number of amides is 4. The van der Waals surface area contributed by atoms with Crippen LogP contribution in [0, 0.1) is 0 Å². The molecule has 4 heterocycles. The summed E-state index contributed by atoms with van der Waals surface area (Å²) in [6.45, 7) is 7.41. The molecule has 10 nitrogen and oxygen atoms in total. The number of carbonyl (C=O) groups excluding carboxylic acids is 3. The number of hydrogen-bond acceptors (Lipinski definition) is 6. The van der Waals surface area contributed by atoms with Gasteiger partial charge in [-0.3, -0.25) is 14.6 Å². The highest BCUT2D eigenvalue weighted by Crippen LogP contribution is 2.32. The van der Waals surface area contributed by atoms with Gasteiger partial charge in [0.25, 0.3) is 0 Å². The number of ether oxygens (including phenoxy) is 2. The Kier molecular flexibility index (Phi) is 7.20. The second-order valence-corrected chi connectivity index (χ2v) is 11.1. The average molecular weight is 534 g/mol. The first kappa shape index (κ1) is 26.5. The Labute approximate surface area is 228 Å². The number of nitrogens with zero attached hydrogens (tertiary/aromatic N) is 5. The Morgan fingerprint density at radius 1 is 1.03 bits per heavy atom. The smallest absolute Gasteiger partial charge is 0.410 e. The van der Waals surface area contributed by atoms with Crippen molar-refractivity contribution in [1.82, 2.24) is 19.4 Å². The highest BCUT2D eigenvalue weighted by molar-refractivity contribution is 6.07. The highest BCUT2D eigenvalue weighted by atomic mass is 16.6. The molecule has 0 saturated carbocycles. The zero-order chi connectivity index (χ0) is 27.7. The van der Waals surface area contributed by atoms with Crippen molar-refractivity contribution in [2.75, 3.05) is 31.6 Å². The van der Waals surface area contributed by atoms with Crippen molar-refractivity contribution < 1.29 is 23.9 Å². The Bertz CT molecular complexity index is 1370. The minimum atomic E-state index is -0.507. The number of fused-ring (bicyclic) bond motifs is 1. The zero-order valence-corrected chi connectivity index (χ0v) is 22.9. The number of urea groups is 1. The van der Waals surface area contributed by atoms with Gasteiger partial charge in [-0.15, -0.1) is 0 Å². The van der Waals surface area contributed by atoms with E-state index < -0.39 is 5.60 Å². The molecule has 10 heteroatoms. The third kappa shape index (κ3) is 5.69. The van der Waals surface area contributed by atoms with Crippen molar-refractivity contribution in [3.8, 4) is 5.75 Å². The molecule has 2 aromatic heterocycles. The molecule has 2 aliphatic rings. The summed E-state index contributed by atoms with van der Waals surface area (Å²) in [5.41, 5.74) is 2.96. The Morgan fingerprint density at radius 2 is 1.74 bits per heavy atom. The van der Waals surface area contributed by atoms with Crippen LogP contribution in [0.5, 0.6) is 5.75 Å². The number of aromatic nitrogens is 2. The second-order valence-electron chi connectivity index (χ2n) is 11.1. The van der Waals surface area contributed by atoms with Crippen molar-refractivity contribution in [3.05, 3.63) is 59.9 Å². The molecule has 2 aliphatic heterocycles. The number of anilines is 1. The first-order chi connectivity index (χ1) is 18.6. The van der Waals surface area contributed by atoms with Gasteiger partial charge in [-0.05, 0) is 68.9 Å². The number of piperidine rings is 1. The molecule has 3 aromatic rings. The molecule has 2 saturated heterocycles. The number of likely N-dealkylation sites (tertiary alicyclic amines) is 1. The molecule has 0 radical (unpaired) electrons. The molecule has 0 bridgehead atoms. The fourth-order valence-corrected chi connectivity index (χ4v) is 5.14. The SMILES string of the molecule is COc1ccc(CN2C(=O)CCN(c3cnn4cc(C5CCN(C(=O)OC(C)(C)C)CC5)ccc34)C2=O)cc1. The van der Waals surface area contributed by atoms with Crippen molar-refractivity contribution in [2.45, 2.75) is 58.1 Å². The number of benzene rings is 1. The fraction of sp³-hybridized carbons (Fsp3) is 0.448. The minimum absolute atomic E-state index is 0.191. The van der Waals surface area contributed by atoms with E-state index in [1.54, 1.807) is 27.6 Å². The summed E-state index contributed by atoms with van der Waals surface area (Å²) in [6.07, 6.45) is 5.34. The number of methoxy groups -OCH3 is 1. The molecule has 39 heavy (non-hydrogen) atoms. The third-order valence-corrected chi connectivity index (χ3v) is 7.24. The van der Waals surface area contributed by atoms with Crippen LogP contribution in [0.3, 0.4) is 0 Å². The lowest BCUT2D eigenvalue weighted by Gasteiger charge is -2.34. The molecular formula is C29H35N5O5. The maximum absolute atomic E-state index is 13.4. The maximum Gasteiger partial charge on any atom is 0.410 e. The summed E-state index contributed by atoms with van der Waals surface area (Å²) in [5, 5.41) is 4.54. The van der Waals surface area contributed by atoms with E-state index in [-0.39, 0.29) is 31.0 Å². The second kappa shape index (κ2) is 10.6. The van der Waals surface area contributed by atoms with Crippen LogP contribution in [-0.2, 0) is 16.1 Å². The van der Waals surface area contributed by atoms with Gasteiger partial charge in [0, 0.05) is 32.3 Å². The van der Waals surface area contributed by atoms with Crippen molar-refractivity contribution in [1.29, 1.82) is 0 Å². The normalized spacial score (nSPS) is 17.2. The van der Waals surface area contributed by atoms with Crippen LogP contribution in [-0.4, -0.2) is 69.8 Å². The van der Waals surface area contributed by atoms with Crippen LogP contribution < -0.4 is 9.64 Å². The van der Waals surface area contributed by atoms with E-state index in [4.69, 9.17) is 9.47 Å². The van der Waals surface area contributed by atoms with Gasteiger partial charge in [0.2, 0.25) is 5.91 Å². The van der Waals surface area contributed by atoms with Crippen molar-refractivity contribution in [3.63, 3.8) is 0 Å². The summed E-state index contributed by atoms with van der Waals surface area (Å²) in [5.74, 6) is 0.828. The Balaban J connectivity index is 1.28. The molecule has 206 valence electrons. The largest absolute Gasteiger partial charge is 0.497 e. The van der Waals surface area contributed by atoms with Crippen molar-refractivity contribution in [2.24, 2.45) is 0 Å². The third-order valence-electron chi connectivity index (χ3n) is 7.24. The number of carbonyl (C=O) groups is 3. The first-order valence-electron chi connectivity index (χ1n) is 13.3. The van der Waals surface area contributed by atoms with Crippen LogP contribution in [0.4, 0.5) is 15.3 Å². The minimum Gasteiger partial charge on any atom is -0.497 e. The van der Waals surface area contributed by atoms with E-state index in [1.165, 1.54) is 4.90 Å². The summed E-state index contributed by atoms with van der Waals surface area (Å²) in [7, 11) is 1.60. The van der Waals surface area contributed by atoms with Crippen molar-refractivity contribution >= 4 is 29.2 Å². The number of pyridine rings is 1. The van der Waals surface area contributed by atoms with E-state index in [2.05, 4.69) is 11.2 Å². The lowest BCUT2D eigenvalue weighted by atomic mass is 9.90. The lowest BCUT2D eigenvalue weighted by molar-refractivity contribution is -0.129. The van der Waals surface area contributed by atoms with E-state index in [0.717, 1.165) is 35.2 Å². The predicted molar refractivity (Wildman–Crippen MR) is 146 cm³/mol. The summed E-state index contributed by atoms with van der Waals surface area (Å²) < 4.78 is 12.5. The highest BCUT2D eigenvalue weighted by Gasteiger charge is 2.34. The average Bonchev–Trinajstić information content (AvgIpc) is 3.33. The molecule has 0 aliphatic carbocycles. The number of hydrogen-bond donors (Lipinski definition) is 0. The van der Waals surface area contributed by atoms with Gasteiger partial charge >= 0.3 is 12.1 Å². The molecule has 0 atom stereocenters. The molecule has 1 aromatic carbocycles. The summed E-state index contributed by atoms with van der Waals surface area (Å²) >= 11 is 0. The fourth-order valence-electron chi connectivity index (χ4n) is 5.14. The Hall–Kier alpha value is -4.08. The number of rotatable bonds is 5. The lowest BCUT2D eigenvalue weighted by Crippen LogP contribution is -2.52. The van der Waals surface area contributed by atoms with Crippen LogP contribution in [0.2, 0.25) is 0 Å². The summed E-state index contributed by atoms with van der Waals surface area (Å²) in [4.78, 5) is 43.2. The van der Waals surface area contributed by atoms with Gasteiger partial charge in [-0.1, -0.05) is 18.2 Å². The number of imide groups is 1. The molecule has 0 spiro atoms. The van der Waals surface area contributed by atoms with E-state index in [9.17, 15) is 14.4 Å². The maximum atomic E-state index is 13.4. The monoisotopic (exact) mass is 533 g/mol. The van der Waals surface area contributed by atoms with Crippen LogP contribution in [0.25, 0.3) is 5.52 Å². The van der Waals surface area contributed by atoms with E-state index >= 15 is 0 Å². The molecular weight excluding hydrogens is 498 g/mol. The van der Waals surface area contributed by atoms with Crippen LogP contribution in [0.15, 0.2) is 48.8 Å². The van der Waals surface area contributed by atoms with Crippen LogP contribution in [0.1, 0.15) is 57.1 Å². The molecule has 0 unspecified atom stereocenters. The van der Waals surface area contributed by atoms with Gasteiger partial charge < -0.3 is 14.4 Å². The molecule has 5 rings (SSSR count). The molecule has 2 fully saturated rings. The first-order valence-corrected chi connectivity index (χ1v) is 13.3. The van der Waals surface area contributed by atoms with E-state index in [0.29, 0.717) is 31.2 Å². The van der Waals surface area contributed by atoms with Gasteiger partial charge in [0.1, 0.15) is 11.4 Å². The zero-order valence-electron chi connectivity index (χ0n) is 22.9. The topological polar surface area (TPSA) is 96.7 Å². The molecule has 4 amide bonds. The van der Waals surface area contributed by atoms with Gasteiger partial charge in [0.05, 0.1) is 31.1 Å². The van der Waals surface area contributed by atoms with E-state index in [1.807, 2.05) is 57.3 Å². The van der Waals surface area contributed by atoms with Gasteiger partial charge in [-0.25, -0.2) is 14.1 Å². The van der Waals surface area contributed by atoms with Crippen LogP contribution >= 0.6 is 0 Å². The Morgan fingerprint density at radius 3 is 2.41 bits per heavy atom. The van der Waals surface area contributed by atoms with Gasteiger partial charge in [0.15, 0.2) is 0 Å². The predicted octanol–water partition coefficient (Wildman–Crippen LogP) is 4.82. The summed E-state index contributed by atoms with van der Waals surface area (Å²) in [6, 6.07) is 11.0. The molecule has 0 N–H and O–H groups in total.